The van der Waals surface area contributed by atoms with Gasteiger partial charge in [0.15, 0.2) is 0 Å². The molecule has 3 N–H and O–H groups in total. The average molecular weight is 253 g/mol. The van der Waals surface area contributed by atoms with E-state index in [1.807, 2.05) is 19.9 Å². The molecule has 0 aliphatic heterocycles. The number of nitrogens with zero attached hydrogens (tertiary/aromatic N) is 3. The number of anilines is 2. The number of hydrogen-bond donors (Lipinski definition) is 2. The van der Waals surface area contributed by atoms with Gasteiger partial charge in [0.2, 0.25) is 0 Å². The number of nitrogens with two attached hydrogens (primary N) is 1. The maximum Gasteiger partial charge on any atom is 0.145 e. The molecule has 0 saturated carbocycles. The molecule has 0 saturated heterocycles. The molecule has 0 aromatic carbocycles. The van der Waals surface area contributed by atoms with Crippen LogP contribution in [-0.2, 0) is 11.2 Å². The molecule has 0 unspecified atom stereocenters. The molecule has 0 fully saturated rings. The van der Waals surface area contributed by atoms with Crippen molar-refractivity contribution in [3.8, 4) is 0 Å². The summed E-state index contributed by atoms with van der Waals surface area (Å²) in [6.45, 7) is 9.22. The summed E-state index contributed by atoms with van der Waals surface area (Å²) in [4.78, 5) is 10.9. The maximum atomic E-state index is 5.42. The van der Waals surface area contributed by atoms with E-state index >= 15 is 0 Å². The van der Waals surface area contributed by atoms with Crippen LogP contribution in [0.25, 0.3) is 0 Å². The van der Waals surface area contributed by atoms with Gasteiger partial charge in [-0.05, 0) is 13.8 Å². The summed E-state index contributed by atoms with van der Waals surface area (Å²) in [6, 6.07) is 1.86. The number of rotatable bonds is 8. The molecule has 6 heteroatoms. The second kappa shape index (κ2) is 7.84. The minimum absolute atomic E-state index is 0.645. The molecule has 0 bridgehead atoms. The Balaban J connectivity index is 2.83. The Bertz CT molecular complexity index is 336. The van der Waals surface area contributed by atoms with Crippen LogP contribution in [0.5, 0.6) is 0 Å². The molecular weight excluding hydrogens is 230 g/mol. The first-order valence-corrected chi connectivity index (χ1v) is 6.42. The number of nitrogen functional groups attached to an aromatic ring is 1. The average Bonchev–Trinajstić information content (AvgIpc) is 2.43. The minimum Gasteiger partial charge on any atom is -0.380 e. The van der Waals surface area contributed by atoms with Gasteiger partial charge in [-0.2, -0.15) is 0 Å². The number of likely N-dealkylation sites (N-methyl/N-ethyl adjacent to an activating group) is 1. The van der Waals surface area contributed by atoms with E-state index in [2.05, 4.69) is 27.2 Å². The number of nitrogens with one attached hydrogen (secondary N) is 1. The van der Waals surface area contributed by atoms with E-state index < -0.39 is 0 Å². The zero-order chi connectivity index (χ0) is 13.4. The van der Waals surface area contributed by atoms with Gasteiger partial charge >= 0.3 is 0 Å². The fourth-order valence-electron chi connectivity index (χ4n) is 1.63. The maximum absolute atomic E-state index is 5.42. The van der Waals surface area contributed by atoms with Crippen molar-refractivity contribution >= 4 is 11.6 Å². The third kappa shape index (κ3) is 4.12. The van der Waals surface area contributed by atoms with E-state index in [9.17, 15) is 0 Å². The van der Waals surface area contributed by atoms with Crippen molar-refractivity contribution in [2.75, 3.05) is 36.6 Å². The van der Waals surface area contributed by atoms with Crippen molar-refractivity contribution in [2.24, 2.45) is 5.84 Å². The summed E-state index contributed by atoms with van der Waals surface area (Å²) in [6.07, 6.45) is 0.783. The Kier molecular flexibility index (Phi) is 6.38. The molecule has 1 aromatic heterocycles. The lowest BCUT2D eigenvalue weighted by Crippen LogP contribution is -2.28. The van der Waals surface area contributed by atoms with Crippen LogP contribution in [0.4, 0.5) is 11.6 Å². The molecule has 0 spiro atoms. The first-order valence-electron chi connectivity index (χ1n) is 6.42. The van der Waals surface area contributed by atoms with E-state index in [1.54, 1.807) is 0 Å². The van der Waals surface area contributed by atoms with Crippen LogP contribution < -0.4 is 16.2 Å². The molecule has 1 rings (SSSR count). The van der Waals surface area contributed by atoms with Crippen LogP contribution in [-0.4, -0.2) is 36.3 Å². The lowest BCUT2D eigenvalue weighted by molar-refractivity contribution is 0.154. The SMILES string of the molecule is CCOCCN(CC)c1cc(NN)nc(CC)n1. The Morgan fingerprint density at radius 2 is 2.11 bits per heavy atom. The van der Waals surface area contributed by atoms with Crippen LogP contribution in [0, 0.1) is 0 Å². The zero-order valence-electron chi connectivity index (χ0n) is 11.4. The van der Waals surface area contributed by atoms with Crippen molar-refractivity contribution in [3.63, 3.8) is 0 Å². The van der Waals surface area contributed by atoms with Gasteiger partial charge in [0, 0.05) is 32.2 Å². The first kappa shape index (κ1) is 14.7. The van der Waals surface area contributed by atoms with Gasteiger partial charge in [-0.15, -0.1) is 0 Å². The Morgan fingerprint density at radius 1 is 1.33 bits per heavy atom. The van der Waals surface area contributed by atoms with Crippen molar-refractivity contribution in [1.29, 1.82) is 0 Å². The van der Waals surface area contributed by atoms with Crippen molar-refractivity contribution in [1.82, 2.24) is 9.97 Å². The van der Waals surface area contributed by atoms with Crippen LogP contribution >= 0.6 is 0 Å². The van der Waals surface area contributed by atoms with Gasteiger partial charge in [0.1, 0.15) is 17.5 Å². The fraction of sp³-hybridized carbons (Fsp3) is 0.667. The summed E-state index contributed by atoms with van der Waals surface area (Å²) in [5.41, 5.74) is 2.58. The second-order valence-corrected chi connectivity index (χ2v) is 3.80. The number of ether oxygens (including phenoxy) is 1. The number of aromatic nitrogens is 2. The fourth-order valence-corrected chi connectivity index (χ4v) is 1.63. The van der Waals surface area contributed by atoms with Crippen LogP contribution in [0.15, 0.2) is 6.07 Å². The molecular formula is C12H23N5O. The molecule has 6 nitrogen and oxygen atoms in total. The highest BCUT2D eigenvalue weighted by Crippen LogP contribution is 2.15. The zero-order valence-corrected chi connectivity index (χ0v) is 11.4. The Hall–Kier alpha value is -1.40. The summed E-state index contributed by atoms with van der Waals surface area (Å²) in [5, 5.41) is 0. The summed E-state index contributed by atoms with van der Waals surface area (Å²) < 4.78 is 5.38. The predicted octanol–water partition coefficient (Wildman–Crippen LogP) is 1.19. The van der Waals surface area contributed by atoms with Crippen LogP contribution in [0.2, 0.25) is 0 Å². The number of hydrogen-bond acceptors (Lipinski definition) is 6. The van der Waals surface area contributed by atoms with Gasteiger partial charge in [-0.3, -0.25) is 0 Å². The van der Waals surface area contributed by atoms with E-state index in [-0.39, 0.29) is 0 Å². The Labute approximate surface area is 109 Å². The van der Waals surface area contributed by atoms with Crippen molar-refractivity contribution < 1.29 is 4.74 Å². The topological polar surface area (TPSA) is 76.3 Å². The third-order valence-corrected chi connectivity index (χ3v) is 2.64. The molecule has 0 aliphatic rings. The standard InChI is InChI=1S/C12H23N5O/c1-4-10-14-11(16-13)9-12(15-10)17(5-2)7-8-18-6-3/h9H,4-8,13H2,1-3H3,(H,14,15,16). The van der Waals surface area contributed by atoms with Gasteiger partial charge in [-0.1, -0.05) is 6.92 Å². The highest BCUT2D eigenvalue weighted by molar-refractivity contribution is 5.48. The van der Waals surface area contributed by atoms with E-state index in [1.165, 1.54) is 0 Å². The molecule has 0 radical (unpaired) electrons. The van der Waals surface area contributed by atoms with Crippen LogP contribution in [0.3, 0.4) is 0 Å². The van der Waals surface area contributed by atoms with Gasteiger partial charge in [-0.25, -0.2) is 15.8 Å². The van der Waals surface area contributed by atoms with E-state index in [4.69, 9.17) is 10.6 Å². The quantitative estimate of drug-likeness (QED) is 0.412. The van der Waals surface area contributed by atoms with E-state index in [0.717, 1.165) is 37.8 Å². The molecule has 1 aromatic rings. The lowest BCUT2D eigenvalue weighted by Gasteiger charge is -2.22. The first-order chi connectivity index (χ1) is 8.74. The summed E-state index contributed by atoms with van der Waals surface area (Å²) in [5.74, 6) is 7.74. The van der Waals surface area contributed by atoms with Gasteiger partial charge in [0.05, 0.1) is 6.61 Å². The van der Waals surface area contributed by atoms with Gasteiger partial charge in [0.25, 0.3) is 0 Å². The highest BCUT2D eigenvalue weighted by Gasteiger charge is 2.09. The molecule has 0 atom stereocenters. The minimum atomic E-state index is 0.645. The second-order valence-electron chi connectivity index (χ2n) is 3.80. The molecule has 102 valence electrons. The Morgan fingerprint density at radius 3 is 2.67 bits per heavy atom. The molecule has 0 amide bonds. The highest BCUT2D eigenvalue weighted by atomic mass is 16.5. The monoisotopic (exact) mass is 253 g/mol. The molecule has 18 heavy (non-hydrogen) atoms. The lowest BCUT2D eigenvalue weighted by atomic mass is 10.4. The van der Waals surface area contributed by atoms with Crippen molar-refractivity contribution in [3.05, 3.63) is 11.9 Å². The smallest absolute Gasteiger partial charge is 0.145 e. The van der Waals surface area contributed by atoms with Crippen LogP contribution in [0.1, 0.15) is 26.6 Å². The van der Waals surface area contributed by atoms with Crippen molar-refractivity contribution in [2.45, 2.75) is 27.2 Å². The summed E-state index contributed by atoms with van der Waals surface area (Å²) >= 11 is 0. The number of aryl methyl sites for hydroxylation is 1. The largest absolute Gasteiger partial charge is 0.380 e. The summed E-state index contributed by atoms with van der Waals surface area (Å²) in [7, 11) is 0. The molecule has 1 heterocycles. The third-order valence-electron chi connectivity index (χ3n) is 2.64. The van der Waals surface area contributed by atoms with Gasteiger partial charge < -0.3 is 15.1 Å². The normalized spacial score (nSPS) is 10.4. The molecule has 0 aliphatic carbocycles. The predicted molar refractivity (Wildman–Crippen MR) is 73.6 cm³/mol. The number of hydrazine groups is 1. The van der Waals surface area contributed by atoms with E-state index in [0.29, 0.717) is 12.4 Å².